The zero-order chi connectivity index (χ0) is 20.3. The van der Waals surface area contributed by atoms with Crippen molar-refractivity contribution in [3.63, 3.8) is 0 Å². The molecule has 0 aromatic heterocycles. The van der Waals surface area contributed by atoms with Gasteiger partial charge in [0, 0.05) is 18.7 Å². The number of anilines is 1. The van der Waals surface area contributed by atoms with E-state index in [2.05, 4.69) is 5.32 Å². The fourth-order valence-corrected chi connectivity index (χ4v) is 5.26. The zero-order valence-corrected chi connectivity index (χ0v) is 17.6. The van der Waals surface area contributed by atoms with Crippen molar-refractivity contribution in [2.45, 2.75) is 24.2 Å². The SMILES string of the molecule is COc1ccc(C(=O)Nc2c(Cl)cccc2Cl)cc1S(=O)(=O)N1CCCCC1. The van der Waals surface area contributed by atoms with E-state index in [0.29, 0.717) is 13.1 Å². The molecule has 2 aromatic rings. The van der Waals surface area contributed by atoms with E-state index < -0.39 is 15.9 Å². The summed E-state index contributed by atoms with van der Waals surface area (Å²) in [4.78, 5) is 12.7. The fraction of sp³-hybridized carbons (Fsp3) is 0.316. The van der Waals surface area contributed by atoms with Crippen molar-refractivity contribution in [3.05, 3.63) is 52.0 Å². The van der Waals surface area contributed by atoms with Crippen LogP contribution in [0.2, 0.25) is 10.0 Å². The quantitative estimate of drug-likeness (QED) is 0.742. The number of para-hydroxylation sites is 1. The summed E-state index contributed by atoms with van der Waals surface area (Å²) in [7, 11) is -2.38. The van der Waals surface area contributed by atoms with Crippen LogP contribution in [0.3, 0.4) is 0 Å². The number of methoxy groups -OCH3 is 1. The molecule has 0 spiro atoms. The smallest absolute Gasteiger partial charge is 0.255 e. The molecule has 2 aromatic carbocycles. The molecule has 0 bridgehead atoms. The van der Waals surface area contributed by atoms with Crippen molar-refractivity contribution in [2.24, 2.45) is 0 Å². The lowest BCUT2D eigenvalue weighted by Crippen LogP contribution is -2.35. The summed E-state index contributed by atoms with van der Waals surface area (Å²) in [5.74, 6) is -0.328. The molecule has 0 saturated carbocycles. The molecule has 1 N–H and O–H groups in total. The number of nitrogens with one attached hydrogen (secondary N) is 1. The van der Waals surface area contributed by atoms with Gasteiger partial charge in [0.15, 0.2) is 0 Å². The van der Waals surface area contributed by atoms with Gasteiger partial charge in [0.1, 0.15) is 10.6 Å². The van der Waals surface area contributed by atoms with Gasteiger partial charge in [-0.15, -0.1) is 0 Å². The zero-order valence-electron chi connectivity index (χ0n) is 15.2. The molecule has 9 heteroatoms. The molecule has 1 fully saturated rings. The van der Waals surface area contributed by atoms with Crippen LogP contribution in [0.5, 0.6) is 5.75 Å². The summed E-state index contributed by atoms with van der Waals surface area (Å²) in [6.45, 7) is 0.911. The van der Waals surface area contributed by atoms with Gasteiger partial charge in [-0.25, -0.2) is 8.42 Å². The van der Waals surface area contributed by atoms with Gasteiger partial charge in [-0.3, -0.25) is 4.79 Å². The first-order chi connectivity index (χ1) is 13.3. The maximum atomic E-state index is 13.1. The number of piperidine rings is 1. The lowest BCUT2D eigenvalue weighted by Gasteiger charge is -2.26. The van der Waals surface area contributed by atoms with Crippen LogP contribution < -0.4 is 10.1 Å². The van der Waals surface area contributed by atoms with E-state index in [1.165, 1.54) is 29.6 Å². The van der Waals surface area contributed by atoms with Gasteiger partial charge >= 0.3 is 0 Å². The summed E-state index contributed by atoms with van der Waals surface area (Å²) >= 11 is 12.2. The number of halogens is 2. The first-order valence-corrected chi connectivity index (χ1v) is 11.0. The highest BCUT2D eigenvalue weighted by molar-refractivity contribution is 7.89. The molecule has 1 aliphatic heterocycles. The van der Waals surface area contributed by atoms with E-state index in [9.17, 15) is 13.2 Å². The van der Waals surface area contributed by atoms with Crippen LogP contribution in [-0.4, -0.2) is 38.8 Å². The maximum Gasteiger partial charge on any atom is 0.255 e. The molecule has 28 heavy (non-hydrogen) atoms. The van der Waals surface area contributed by atoms with Crippen molar-refractivity contribution < 1.29 is 17.9 Å². The number of sulfonamides is 1. The molecule has 1 amide bonds. The number of hydrogen-bond donors (Lipinski definition) is 1. The number of benzene rings is 2. The molecule has 0 radical (unpaired) electrons. The topological polar surface area (TPSA) is 75.7 Å². The van der Waals surface area contributed by atoms with Crippen LogP contribution in [0.25, 0.3) is 0 Å². The van der Waals surface area contributed by atoms with Gasteiger partial charge in [-0.05, 0) is 43.2 Å². The van der Waals surface area contributed by atoms with Crippen LogP contribution in [0.4, 0.5) is 5.69 Å². The minimum absolute atomic E-state index is 0.0326. The number of amides is 1. The van der Waals surface area contributed by atoms with Crippen LogP contribution in [-0.2, 0) is 10.0 Å². The monoisotopic (exact) mass is 442 g/mol. The standard InChI is InChI=1S/C19H20Cl2N2O4S/c1-27-16-9-8-13(19(24)22-18-14(20)6-5-7-15(18)21)12-17(16)28(25,26)23-10-3-2-4-11-23/h5-9,12H,2-4,10-11H2,1H3,(H,22,24). The normalized spacial score (nSPS) is 15.2. The molecule has 1 heterocycles. The fourth-order valence-electron chi connectivity index (χ4n) is 3.07. The van der Waals surface area contributed by atoms with E-state index in [0.717, 1.165) is 19.3 Å². The first kappa shape index (κ1) is 20.9. The van der Waals surface area contributed by atoms with E-state index in [1.54, 1.807) is 18.2 Å². The third kappa shape index (κ3) is 4.27. The Morgan fingerprint density at radius 1 is 1.07 bits per heavy atom. The van der Waals surface area contributed by atoms with Crippen molar-refractivity contribution in [3.8, 4) is 5.75 Å². The predicted octanol–water partition coefficient (Wildman–Crippen LogP) is 4.43. The molecule has 6 nitrogen and oxygen atoms in total. The Bertz CT molecular complexity index is 969. The van der Waals surface area contributed by atoms with Crippen LogP contribution >= 0.6 is 23.2 Å². The molecule has 0 unspecified atom stereocenters. The summed E-state index contributed by atoms with van der Waals surface area (Å²) in [6.07, 6.45) is 2.63. The predicted molar refractivity (Wildman–Crippen MR) is 110 cm³/mol. The summed E-state index contributed by atoms with van der Waals surface area (Å²) in [6, 6.07) is 9.15. The number of ether oxygens (including phenoxy) is 1. The van der Waals surface area contributed by atoms with E-state index in [4.69, 9.17) is 27.9 Å². The van der Waals surface area contributed by atoms with Gasteiger partial charge in [0.05, 0.1) is 22.8 Å². The maximum absolute atomic E-state index is 13.1. The second kappa shape index (κ2) is 8.69. The number of nitrogens with zero attached hydrogens (tertiary/aromatic N) is 1. The lowest BCUT2D eigenvalue weighted by atomic mass is 10.2. The Kier molecular flexibility index (Phi) is 6.50. The third-order valence-electron chi connectivity index (χ3n) is 4.56. The largest absolute Gasteiger partial charge is 0.495 e. The Labute approximate surface area is 174 Å². The summed E-state index contributed by atoms with van der Waals surface area (Å²) < 4.78 is 32.8. The Balaban J connectivity index is 1.95. The second-order valence-electron chi connectivity index (χ2n) is 6.38. The number of hydrogen-bond acceptors (Lipinski definition) is 4. The van der Waals surface area contributed by atoms with Crippen molar-refractivity contribution in [1.29, 1.82) is 0 Å². The van der Waals surface area contributed by atoms with Gasteiger partial charge in [0.25, 0.3) is 5.91 Å². The highest BCUT2D eigenvalue weighted by atomic mass is 35.5. The van der Waals surface area contributed by atoms with Gasteiger partial charge in [-0.2, -0.15) is 4.31 Å². The molecule has 1 saturated heterocycles. The number of carbonyl (C=O) groups is 1. The second-order valence-corrected chi connectivity index (χ2v) is 9.10. The van der Waals surface area contributed by atoms with Gasteiger partial charge < -0.3 is 10.1 Å². The average Bonchev–Trinajstić information content (AvgIpc) is 2.71. The minimum Gasteiger partial charge on any atom is -0.495 e. The lowest BCUT2D eigenvalue weighted by molar-refractivity contribution is 0.102. The Hall–Kier alpha value is -1.80. The molecule has 0 aliphatic carbocycles. The molecule has 3 rings (SSSR count). The van der Waals surface area contributed by atoms with Crippen LogP contribution in [0.15, 0.2) is 41.3 Å². The van der Waals surface area contributed by atoms with E-state index in [1.807, 2.05) is 0 Å². The highest BCUT2D eigenvalue weighted by Crippen LogP contribution is 2.32. The van der Waals surface area contributed by atoms with Crippen molar-refractivity contribution >= 4 is 44.8 Å². The number of carbonyl (C=O) groups excluding carboxylic acids is 1. The van der Waals surface area contributed by atoms with Gasteiger partial charge in [0.2, 0.25) is 10.0 Å². The molecular formula is C19H20Cl2N2O4S. The first-order valence-electron chi connectivity index (χ1n) is 8.78. The van der Waals surface area contributed by atoms with E-state index in [-0.39, 0.29) is 31.9 Å². The van der Waals surface area contributed by atoms with Crippen LogP contribution in [0.1, 0.15) is 29.6 Å². The van der Waals surface area contributed by atoms with Crippen LogP contribution in [0, 0.1) is 0 Å². The third-order valence-corrected chi connectivity index (χ3v) is 7.11. The molecule has 0 atom stereocenters. The number of rotatable bonds is 5. The molecule has 1 aliphatic rings. The summed E-state index contributed by atoms with van der Waals surface area (Å²) in [5.41, 5.74) is 0.430. The van der Waals surface area contributed by atoms with Crippen molar-refractivity contribution in [2.75, 3.05) is 25.5 Å². The molecule has 150 valence electrons. The molecular weight excluding hydrogens is 423 g/mol. The Morgan fingerprint density at radius 2 is 1.71 bits per heavy atom. The highest BCUT2D eigenvalue weighted by Gasteiger charge is 2.29. The minimum atomic E-state index is -3.77. The van der Waals surface area contributed by atoms with Gasteiger partial charge in [-0.1, -0.05) is 35.7 Å². The van der Waals surface area contributed by atoms with E-state index >= 15 is 0 Å². The average molecular weight is 443 g/mol. The van der Waals surface area contributed by atoms with Crippen molar-refractivity contribution in [1.82, 2.24) is 4.31 Å². The Morgan fingerprint density at radius 3 is 2.32 bits per heavy atom. The summed E-state index contributed by atoms with van der Waals surface area (Å²) in [5, 5.41) is 3.21.